The van der Waals surface area contributed by atoms with E-state index in [2.05, 4.69) is 4.98 Å². The van der Waals surface area contributed by atoms with Crippen LogP contribution in [0.15, 0.2) is 72.9 Å². The van der Waals surface area contributed by atoms with Crippen LogP contribution in [0.2, 0.25) is 0 Å². The van der Waals surface area contributed by atoms with Gasteiger partial charge in [-0.15, -0.1) is 0 Å². The number of anilines is 2. The van der Waals surface area contributed by atoms with Crippen molar-refractivity contribution >= 4 is 22.4 Å². The summed E-state index contributed by atoms with van der Waals surface area (Å²) in [5.74, 6) is -0.623. The molecule has 0 atom stereocenters. The van der Waals surface area contributed by atoms with Crippen LogP contribution < -0.4 is 4.90 Å². The summed E-state index contributed by atoms with van der Waals surface area (Å²) in [7, 11) is 0. The molecule has 2 heterocycles. The first-order valence-corrected chi connectivity index (χ1v) is 8.70. The van der Waals surface area contributed by atoms with Gasteiger partial charge in [0.15, 0.2) is 0 Å². The topological polar surface area (TPSA) is 29.0 Å². The first-order chi connectivity index (χ1) is 13.2. The van der Waals surface area contributed by atoms with E-state index in [4.69, 9.17) is 4.98 Å². The molecule has 0 aliphatic carbocycles. The smallest absolute Gasteiger partial charge is 0.143 e. The first kappa shape index (κ1) is 17.1. The second kappa shape index (κ2) is 7.11. The highest BCUT2D eigenvalue weighted by molar-refractivity contribution is 5.94. The molecule has 0 N–H and O–H groups in total. The number of hydrogen-bond acceptors (Lipinski definition) is 3. The lowest BCUT2D eigenvalue weighted by atomic mass is 10.1. The van der Waals surface area contributed by atoms with Gasteiger partial charge in [0.1, 0.15) is 17.5 Å². The zero-order valence-electron chi connectivity index (χ0n) is 14.7. The lowest BCUT2D eigenvalue weighted by molar-refractivity contribution is 0.583. The SMILES string of the molecule is CCN(c1cc(F)cc(F)c1)c1nc(-c2ccccc2)cc2ncccc12. The monoisotopic (exact) mass is 361 g/mol. The number of aromatic nitrogens is 2. The Morgan fingerprint density at radius 3 is 2.33 bits per heavy atom. The second-order valence-electron chi connectivity index (χ2n) is 6.14. The maximum absolute atomic E-state index is 13.8. The number of benzene rings is 2. The predicted octanol–water partition coefficient (Wildman–Crippen LogP) is 5.73. The quantitative estimate of drug-likeness (QED) is 0.465. The van der Waals surface area contributed by atoms with Gasteiger partial charge >= 0.3 is 0 Å². The van der Waals surface area contributed by atoms with Crippen LogP contribution in [-0.2, 0) is 0 Å². The number of nitrogens with zero attached hydrogens (tertiary/aromatic N) is 3. The molecule has 3 nitrogen and oxygen atoms in total. The Kier molecular flexibility index (Phi) is 4.50. The minimum Gasteiger partial charge on any atom is -0.326 e. The molecule has 0 amide bonds. The van der Waals surface area contributed by atoms with Crippen LogP contribution in [0.3, 0.4) is 0 Å². The van der Waals surface area contributed by atoms with Crippen LogP contribution in [-0.4, -0.2) is 16.5 Å². The molecule has 0 radical (unpaired) electrons. The van der Waals surface area contributed by atoms with E-state index in [9.17, 15) is 8.78 Å². The molecule has 0 spiro atoms. The minimum absolute atomic E-state index is 0.415. The van der Waals surface area contributed by atoms with Gasteiger partial charge < -0.3 is 4.90 Å². The predicted molar refractivity (Wildman–Crippen MR) is 104 cm³/mol. The molecule has 0 aliphatic rings. The van der Waals surface area contributed by atoms with E-state index in [1.165, 1.54) is 12.1 Å². The molecular weight excluding hydrogens is 344 g/mol. The van der Waals surface area contributed by atoms with E-state index < -0.39 is 11.6 Å². The zero-order valence-corrected chi connectivity index (χ0v) is 14.7. The summed E-state index contributed by atoms with van der Waals surface area (Å²) in [5.41, 5.74) is 2.90. The number of halogens is 2. The summed E-state index contributed by atoms with van der Waals surface area (Å²) in [6.45, 7) is 2.42. The van der Waals surface area contributed by atoms with Gasteiger partial charge in [-0.2, -0.15) is 0 Å². The summed E-state index contributed by atoms with van der Waals surface area (Å²) in [5, 5.41) is 0.823. The van der Waals surface area contributed by atoms with Gasteiger partial charge in [0.05, 0.1) is 11.2 Å². The molecule has 4 aromatic rings. The van der Waals surface area contributed by atoms with Gasteiger partial charge in [-0.25, -0.2) is 13.8 Å². The Labute approximate surface area is 155 Å². The maximum Gasteiger partial charge on any atom is 0.143 e. The van der Waals surface area contributed by atoms with Gasteiger partial charge in [-0.05, 0) is 37.3 Å². The normalized spacial score (nSPS) is 10.9. The molecule has 0 aliphatic heterocycles. The van der Waals surface area contributed by atoms with Gasteiger partial charge in [0, 0.05) is 35.4 Å². The molecular formula is C22H17F2N3. The van der Waals surface area contributed by atoms with Crippen LogP contribution in [0, 0.1) is 11.6 Å². The van der Waals surface area contributed by atoms with E-state index in [0.717, 1.165) is 28.2 Å². The van der Waals surface area contributed by atoms with Crippen LogP contribution >= 0.6 is 0 Å². The Morgan fingerprint density at radius 2 is 1.63 bits per heavy atom. The van der Waals surface area contributed by atoms with Crippen molar-refractivity contribution < 1.29 is 8.78 Å². The lowest BCUT2D eigenvalue weighted by Crippen LogP contribution is -2.18. The Balaban J connectivity index is 1.95. The second-order valence-corrected chi connectivity index (χ2v) is 6.14. The molecule has 0 bridgehead atoms. The van der Waals surface area contributed by atoms with Gasteiger partial charge in [0.25, 0.3) is 0 Å². The van der Waals surface area contributed by atoms with Crippen LogP contribution in [0.1, 0.15) is 6.92 Å². The third kappa shape index (κ3) is 3.36. The minimum atomic E-state index is -0.620. The van der Waals surface area contributed by atoms with Crippen molar-refractivity contribution in [3.63, 3.8) is 0 Å². The van der Waals surface area contributed by atoms with Crippen molar-refractivity contribution in [3.05, 3.63) is 84.6 Å². The van der Waals surface area contributed by atoms with Gasteiger partial charge in [0.2, 0.25) is 0 Å². The molecule has 27 heavy (non-hydrogen) atoms. The van der Waals surface area contributed by atoms with E-state index >= 15 is 0 Å². The molecule has 0 saturated carbocycles. The average molecular weight is 361 g/mol. The van der Waals surface area contributed by atoms with Crippen molar-refractivity contribution in [2.45, 2.75) is 6.92 Å². The summed E-state index contributed by atoms with van der Waals surface area (Å²) in [6, 6.07) is 18.9. The molecule has 0 fully saturated rings. The van der Waals surface area contributed by atoms with Crippen LogP contribution in [0.4, 0.5) is 20.3 Å². The zero-order chi connectivity index (χ0) is 18.8. The van der Waals surface area contributed by atoms with Gasteiger partial charge in [-0.3, -0.25) is 4.98 Å². The molecule has 0 unspecified atom stereocenters. The van der Waals surface area contributed by atoms with E-state index in [1.807, 2.05) is 55.5 Å². The molecule has 0 saturated heterocycles. The third-order valence-corrected chi connectivity index (χ3v) is 4.38. The van der Waals surface area contributed by atoms with E-state index in [-0.39, 0.29) is 0 Å². The summed E-state index contributed by atoms with van der Waals surface area (Å²) < 4.78 is 27.6. The van der Waals surface area contributed by atoms with Crippen molar-refractivity contribution in [2.24, 2.45) is 0 Å². The Morgan fingerprint density at radius 1 is 0.889 bits per heavy atom. The Bertz CT molecular complexity index is 1080. The first-order valence-electron chi connectivity index (χ1n) is 8.70. The van der Waals surface area contributed by atoms with Crippen molar-refractivity contribution in [1.82, 2.24) is 9.97 Å². The molecule has 2 aromatic carbocycles. The van der Waals surface area contributed by atoms with E-state index in [0.29, 0.717) is 18.1 Å². The van der Waals surface area contributed by atoms with Crippen LogP contribution in [0.5, 0.6) is 0 Å². The van der Waals surface area contributed by atoms with Gasteiger partial charge in [-0.1, -0.05) is 30.3 Å². The number of pyridine rings is 2. The highest BCUT2D eigenvalue weighted by Gasteiger charge is 2.17. The molecule has 134 valence electrons. The van der Waals surface area contributed by atoms with Crippen molar-refractivity contribution in [1.29, 1.82) is 0 Å². The largest absolute Gasteiger partial charge is 0.326 e. The lowest BCUT2D eigenvalue weighted by Gasteiger charge is -2.24. The summed E-state index contributed by atoms with van der Waals surface area (Å²) >= 11 is 0. The molecule has 5 heteroatoms. The fraction of sp³-hybridized carbons (Fsp3) is 0.0909. The summed E-state index contributed by atoms with van der Waals surface area (Å²) in [4.78, 5) is 11.1. The fourth-order valence-electron chi connectivity index (χ4n) is 3.17. The Hall–Kier alpha value is -3.34. The molecule has 2 aromatic heterocycles. The third-order valence-electron chi connectivity index (χ3n) is 4.38. The van der Waals surface area contributed by atoms with E-state index in [1.54, 1.807) is 11.1 Å². The van der Waals surface area contributed by atoms with Crippen molar-refractivity contribution in [3.8, 4) is 11.3 Å². The average Bonchev–Trinajstić information content (AvgIpc) is 2.68. The summed E-state index contributed by atoms with van der Waals surface area (Å²) in [6.07, 6.45) is 1.72. The standard InChI is InChI=1S/C22H17F2N3/c1-2-27(18-12-16(23)11-17(24)13-18)22-19-9-6-10-25-21(19)14-20(26-22)15-7-4-3-5-8-15/h3-14H,2H2,1H3. The fourth-order valence-corrected chi connectivity index (χ4v) is 3.17. The highest BCUT2D eigenvalue weighted by Crippen LogP contribution is 2.33. The number of rotatable bonds is 4. The molecule has 4 rings (SSSR count). The number of hydrogen-bond donors (Lipinski definition) is 0. The highest BCUT2D eigenvalue weighted by atomic mass is 19.1. The van der Waals surface area contributed by atoms with Crippen LogP contribution in [0.25, 0.3) is 22.2 Å². The number of fused-ring (bicyclic) bond motifs is 1. The maximum atomic E-state index is 13.8. The van der Waals surface area contributed by atoms with Crippen molar-refractivity contribution in [2.75, 3.05) is 11.4 Å².